The first-order chi connectivity index (χ1) is 5.27. The molecule has 0 aromatic rings. The fraction of sp³-hybridized carbons (Fsp3) is 0.778. The Bertz CT molecular complexity index is 89.6. The lowest BCUT2D eigenvalue weighted by atomic mass is 10.3. The number of nitrogens with one attached hydrogen (secondary N) is 1. The van der Waals surface area contributed by atoms with Crippen molar-refractivity contribution >= 4 is 0 Å². The van der Waals surface area contributed by atoms with Crippen LogP contribution in [0.1, 0.15) is 12.8 Å². The van der Waals surface area contributed by atoms with E-state index in [1.54, 1.807) is 0 Å². The molecule has 0 radical (unpaired) electrons. The van der Waals surface area contributed by atoms with E-state index >= 15 is 0 Å². The van der Waals surface area contributed by atoms with E-state index in [4.69, 9.17) is 0 Å². The summed E-state index contributed by atoms with van der Waals surface area (Å²) in [5.74, 6) is 0. The molecule has 0 fully saturated rings. The van der Waals surface area contributed by atoms with Crippen molar-refractivity contribution in [1.82, 2.24) is 10.2 Å². The Morgan fingerprint density at radius 2 is 2.09 bits per heavy atom. The van der Waals surface area contributed by atoms with Gasteiger partial charge in [0.05, 0.1) is 0 Å². The lowest BCUT2D eigenvalue weighted by molar-refractivity contribution is 0.392. The molecule has 66 valence electrons. The molecule has 0 aliphatic heterocycles. The third-order valence-electron chi connectivity index (χ3n) is 1.50. The van der Waals surface area contributed by atoms with E-state index in [9.17, 15) is 0 Å². The van der Waals surface area contributed by atoms with E-state index in [0.29, 0.717) is 0 Å². The second kappa shape index (κ2) is 7.76. The van der Waals surface area contributed by atoms with Crippen LogP contribution in [0.5, 0.6) is 0 Å². The molecule has 0 saturated heterocycles. The predicted molar refractivity (Wildman–Crippen MR) is 50.9 cm³/mol. The minimum Gasteiger partial charge on any atom is -0.313 e. The van der Waals surface area contributed by atoms with Gasteiger partial charge in [0.25, 0.3) is 0 Å². The second-order valence-corrected chi connectivity index (χ2v) is 3.00. The number of rotatable bonds is 7. The highest BCUT2D eigenvalue weighted by atomic mass is 15.0. The number of hydrogen-bond acceptors (Lipinski definition) is 2. The molecule has 0 aromatic carbocycles. The maximum absolute atomic E-state index is 3.64. The van der Waals surface area contributed by atoms with Gasteiger partial charge in [0, 0.05) is 6.54 Å². The van der Waals surface area contributed by atoms with Crippen LogP contribution in [0.3, 0.4) is 0 Å². The SMILES string of the molecule is C=CCNCCCCN(C)C. The first-order valence-electron chi connectivity index (χ1n) is 4.23. The summed E-state index contributed by atoms with van der Waals surface area (Å²) in [5.41, 5.74) is 0. The van der Waals surface area contributed by atoms with E-state index in [2.05, 4.69) is 30.9 Å². The molecule has 0 aromatic heterocycles. The van der Waals surface area contributed by atoms with E-state index in [1.807, 2.05) is 6.08 Å². The maximum atomic E-state index is 3.64. The molecule has 0 unspecified atom stereocenters. The molecule has 0 amide bonds. The van der Waals surface area contributed by atoms with Gasteiger partial charge in [-0.25, -0.2) is 0 Å². The molecular formula is C9H20N2. The Hall–Kier alpha value is -0.340. The summed E-state index contributed by atoms with van der Waals surface area (Å²) in [6.45, 7) is 6.87. The van der Waals surface area contributed by atoms with Crippen molar-refractivity contribution in [2.24, 2.45) is 0 Å². The first-order valence-corrected chi connectivity index (χ1v) is 4.23. The van der Waals surface area contributed by atoms with Gasteiger partial charge in [-0.2, -0.15) is 0 Å². The molecule has 2 nitrogen and oxygen atoms in total. The fourth-order valence-electron chi connectivity index (χ4n) is 0.882. The summed E-state index contributed by atoms with van der Waals surface area (Å²) in [6.07, 6.45) is 4.43. The van der Waals surface area contributed by atoms with Crippen molar-refractivity contribution in [1.29, 1.82) is 0 Å². The van der Waals surface area contributed by atoms with E-state index < -0.39 is 0 Å². The highest BCUT2D eigenvalue weighted by Gasteiger charge is 1.89. The Kier molecular flexibility index (Phi) is 7.52. The van der Waals surface area contributed by atoms with Gasteiger partial charge in [0.1, 0.15) is 0 Å². The standard InChI is InChI=1S/C9H20N2/c1-4-7-10-8-5-6-9-11(2)3/h4,10H,1,5-9H2,2-3H3. The first kappa shape index (κ1) is 10.7. The summed E-state index contributed by atoms with van der Waals surface area (Å²) in [7, 11) is 4.22. The zero-order valence-corrected chi connectivity index (χ0v) is 7.77. The van der Waals surface area contributed by atoms with E-state index in [1.165, 1.54) is 19.4 Å². The molecular weight excluding hydrogens is 136 g/mol. The summed E-state index contributed by atoms with van der Waals surface area (Å²) in [6, 6.07) is 0. The number of nitrogens with zero attached hydrogens (tertiary/aromatic N) is 1. The number of hydrogen-bond donors (Lipinski definition) is 1. The van der Waals surface area contributed by atoms with Crippen LogP contribution in [0.15, 0.2) is 12.7 Å². The smallest absolute Gasteiger partial charge is 0.0132 e. The van der Waals surface area contributed by atoms with Crippen LogP contribution in [0, 0.1) is 0 Å². The molecule has 11 heavy (non-hydrogen) atoms. The zero-order valence-electron chi connectivity index (χ0n) is 7.77. The molecule has 0 atom stereocenters. The van der Waals surface area contributed by atoms with Crippen LogP contribution in [0.25, 0.3) is 0 Å². The summed E-state index contributed by atoms with van der Waals surface area (Å²) in [4.78, 5) is 2.22. The largest absolute Gasteiger partial charge is 0.313 e. The molecule has 1 N–H and O–H groups in total. The average molecular weight is 156 g/mol. The lowest BCUT2D eigenvalue weighted by Crippen LogP contribution is -2.18. The molecule has 2 heteroatoms. The Morgan fingerprint density at radius 1 is 1.36 bits per heavy atom. The van der Waals surface area contributed by atoms with Crippen LogP contribution in [-0.4, -0.2) is 38.6 Å². The van der Waals surface area contributed by atoms with Crippen LogP contribution in [0.4, 0.5) is 0 Å². The van der Waals surface area contributed by atoms with Crippen molar-refractivity contribution in [2.75, 3.05) is 33.7 Å². The van der Waals surface area contributed by atoms with Gasteiger partial charge in [-0.15, -0.1) is 6.58 Å². The molecule has 0 rings (SSSR count). The third-order valence-corrected chi connectivity index (χ3v) is 1.50. The molecule has 0 aliphatic rings. The Morgan fingerprint density at radius 3 is 2.64 bits per heavy atom. The van der Waals surface area contributed by atoms with Crippen LogP contribution in [-0.2, 0) is 0 Å². The predicted octanol–water partition coefficient (Wildman–Crippen LogP) is 1.10. The maximum Gasteiger partial charge on any atom is 0.0132 e. The van der Waals surface area contributed by atoms with Crippen molar-refractivity contribution < 1.29 is 0 Å². The average Bonchev–Trinajstić information content (AvgIpc) is 1.96. The Balaban J connectivity index is 2.85. The van der Waals surface area contributed by atoms with Gasteiger partial charge in [0.2, 0.25) is 0 Å². The molecule has 0 saturated carbocycles. The minimum absolute atomic E-state index is 0.933. The lowest BCUT2D eigenvalue weighted by Gasteiger charge is -2.08. The molecule has 0 spiro atoms. The summed E-state index contributed by atoms with van der Waals surface area (Å²) >= 11 is 0. The highest BCUT2D eigenvalue weighted by Crippen LogP contribution is 1.88. The van der Waals surface area contributed by atoms with Crippen LogP contribution < -0.4 is 5.32 Å². The normalized spacial score (nSPS) is 10.5. The van der Waals surface area contributed by atoms with Crippen molar-refractivity contribution in [3.8, 4) is 0 Å². The van der Waals surface area contributed by atoms with Gasteiger partial charge >= 0.3 is 0 Å². The molecule has 0 bridgehead atoms. The number of unbranched alkanes of at least 4 members (excludes halogenated alkanes) is 1. The fourth-order valence-corrected chi connectivity index (χ4v) is 0.882. The Labute approximate surface area is 70.3 Å². The topological polar surface area (TPSA) is 15.3 Å². The monoisotopic (exact) mass is 156 g/mol. The highest BCUT2D eigenvalue weighted by molar-refractivity contribution is 4.69. The minimum atomic E-state index is 0.933. The summed E-state index contributed by atoms with van der Waals surface area (Å²) < 4.78 is 0. The van der Waals surface area contributed by atoms with Gasteiger partial charge in [-0.05, 0) is 40.0 Å². The van der Waals surface area contributed by atoms with E-state index in [-0.39, 0.29) is 0 Å². The van der Waals surface area contributed by atoms with Crippen molar-refractivity contribution in [3.05, 3.63) is 12.7 Å². The van der Waals surface area contributed by atoms with Crippen LogP contribution >= 0.6 is 0 Å². The second-order valence-electron chi connectivity index (χ2n) is 3.00. The molecule has 0 heterocycles. The zero-order chi connectivity index (χ0) is 8.53. The van der Waals surface area contributed by atoms with Crippen LogP contribution in [0.2, 0.25) is 0 Å². The van der Waals surface area contributed by atoms with Crippen molar-refractivity contribution in [2.45, 2.75) is 12.8 Å². The summed E-state index contributed by atoms with van der Waals surface area (Å²) in [5, 5.41) is 3.27. The van der Waals surface area contributed by atoms with Gasteiger partial charge in [0.15, 0.2) is 0 Å². The molecule has 0 aliphatic carbocycles. The quantitative estimate of drug-likeness (QED) is 0.439. The van der Waals surface area contributed by atoms with E-state index in [0.717, 1.165) is 13.1 Å². The van der Waals surface area contributed by atoms with Crippen molar-refractivity contribution in [3.63, 3.8) is 0 Å². The van der Waals surface area contributed by atoms with Gasteiger partial charge in [-0.1, -0.05) is 6.08 Å². The van der Waals surface area contributed by atoms with Gasteiger partial charge in [-0.3, -0.25) is 0 Å². The third kappa shape index (κ3) is 9.66. The van der Waals surface area contributed by atoms with Gasteiger partial charge < -0.3 is 10.2 Å².